The highest BCUT2D eigenvalue weighted by atomic mass is 16.5. The Labute approximate surface area is 177 Å². The summed E-state index contributed by atoms with van der Waals surface area (Å²) in [5, 5.41) is 8.73. The van der Waals surface area contributed by atoms with Gasteiger partial charge in [0.05, 0.1) is 12.6 Å². The maximum Gasteiger partial charge on any atom is 0.251 e. The van der Waals surface area contributed by atoms with Crippen molar-refractivity contribution in [2.75, 3.05) is 36.9 Å². The Hall–Kier alpha value is -3.06. The van der Waals surface area contributed by atoms with Gasteiger partial charge in [0.25, 0.3) is 5.91 Å². The third kappa shape index (κ3) is 6.77. The van der Waals surface area contributed by atoms with Crippen LogP contribution in [-0.4, -0.2) is 44.2 Å². The predicted octanol–water partition coefficient (Wildman–Crippen LogP) is 3.43. The van der Waals surface area contributed by atoms with E-state index < -0.39 is 0 Å². The van der Waals surface area contributed by atoms with Gasteiger partial charge in [-0.2, -0.15) is 0 Å². The van der Waals surface area contributed by atoms with E-state index in [1.165, 1.54) is 0 Å². The maximum absolute atomic E-state index is 12.3. The number of carbonyl (C=O) groups is 2. The van der Waals surface area contributed by atoms with E-state index in [2.05, 4.69) is 16.0 Å². The van der Waals surface area contributed by atoms with Gasteiger partial charge in [-0.25, -0.2) is 0 Å². The molecule has 0 spiro atoms. The summed E-state index contributed by atoms with van der Waals surface area (Å²) in [4.78, 5) is 24.4. The van der Waals surface area contributed by atoms with Gasteiger partial charge in [-0.3, -0.25) is 9.59 Å². The van der Waals surface area contributed by atoms with Gasteiger partial charge in [0.15, 0.2) is 0 Å². The molecule has 3 rings (SSSR count). The van der Waals surface area contributed by atoms with Crippen molar-refractivity contribution >= 4 is 23.2 Å². The van der Waals surface area contributed by atoms with E-state index in [9.17, 15) is 9.59 Å². The van der Waals surface area contributed by atoms with Gasteiger partial charge in [-0.1, -0.05) is 19.1 Å². The second-order valence-electron chi connectivity index (χ2n) is 7.21. The number of benzene rings is 2. The van der Waals surface area contributed by atoms with Crippen molar-refractivity contribution in [3.8, 4) is 5.75 Å². The third-order valence-electron chi connectivity index (χ3n) is 4.69. The van der Waals surface area contributed by atoms with Crippen LogP contribution in [0.3, 0.4) is 0 Å². The molecule has 2 amide bonds. The van der Waals surface area contributed by atoms with Crippen LogP contribution < -0.4 is 20.7 Å². The van der Waals surface area contributed by atoms with Crippen LogP contribution in [0.25, 0.3) is 0 Å². The highest BCUT2D eigenvalue weighted by Crippen LogP contribution is 2.19. The molecule has 7 heteroatoms. The minimum atomic E-state index is -0.202. The molecule has 2 aromatic carbocycles. The Balaban J connectivity index is 1.47. The summed E-state index contributed by atoms with van der Waals surface area (Å²) in [6.45, 7) is 4.05. The van der Waals surface area contributed by atoms with Gasteiger partial charge < -0.3 is 25.4 Å². The Morgan fingerprint density at radius 3 is 2.77 bits per heavy atom. The fourth-order valence-corrected chi connectivity index (χ4v) is 3.13. The molecule has 1 unspecified atom stereocenters. The molecule has 0 aliphatic carbocycles. The molecular formula is C23H29N3O4. The molecule has 1 aliphatic rings. The lowest BCUT2D eigenvalue weighted by Crippen LogP contribution is -2.25. The lowest BCUT2D eigenvalue weighted by molar-refractivity contribution is -0.114. The summed E-state index contributed by atoms with van der Waals surface area (Å²) < 4.78 is 11.4. The van der Waals surface area contributed by atoms with Crippen molar-refractivity contribution < 1.29 is 19.1 Å². The van der Waals surface area contributed by atoms with Crippen LogP contribution in [0.4, 0.5) is 11.4 Å². The van der Waals surface area contributed by atoms with Crippen molar-refractivity contribution in [1.82, 2.24) is 5.32 Å². The topological polar surface area (TPSA) is 88.7 Å². The van der Waals surface area contributed by atoms with Gasteiger partial charge in [0.2, 0.25) is 5.91 Å². The monoisotopic (exact) mass is 411 g/mol. The van der Waals surface area contributed by atoms with Crippen LogP contribution in [-0.2, 0) is 9.53 Å². The van der Waals surface area contributed by atoms with E-state index in [1.54, 1.807) is 24.3 Å². The number of amides is 2. The number of nitrogens with one attached hydrogen (secondary N) is 3. The van der Waals surface area contributed by atoms with Crippen LogP contribution in [0.5, 0.6) is 5.75 Å². The van der Waals surface area contributed by atoms with Crippen LogP contribution >= 0.6 is 0 Å². The summed E-state index contributed by atoms with van der Waals surface area (Å²) in [7, 11) is 0. The Morgan fingerprint density at radius 2 is 1.97 bits per heavy atom. The fourth-order valence-electron chi connectivity index (χ4n) is 3.13. The molecule has 1 atom stereocenters. The van der Waals surface area contributed by atoms with E-state index >= 15 is 0 Å². The smallest absolute Gasteiger partial charge is 0.251 e. The average Bonchev–Trinajstić information content (AvgIpc) is 3.29. The molecule has 3 N–H and O–H groups in total. The van der Waals surface area contributed by atoms with Gasteiger partial charge in [0, 0.05) is 36.2 Å². The summed E-state index contributed by atoms with van der Waals surface area (Å²) in [5.41, 5.74) is 1.90. The second-order valence-corrected chi connectivity index (χ2v) is 7.21. The molecule has 0 aromatic heterocycles. The zero-order chi connectivity index (χ0) is 21.2. The van der Waals surface area contributed by atoms with Crippen molar-refractivity contribution in [3.63, 3.8) is 0 Å². The predicted molar refractivity (Wildman–Crippen MR) is 117 cm³/mol. The summed E-state index contributed by atoms with van der Waals surface area (Å²) in [5.74, 6) is 0.388. The summed E-state index contributed by atoms with van der Waals surface area (Å²) in [6, 6.07) is 14.4. The largest absolute Gasteiger partial charge is 0.491 e. The fraction of sp³-hybridized carbons (Fsp3) is 0.391. The van der Waals surface area contributed by atoms with E-state index in [4.69, 9.17) is 9.47 Å². The zero-order valence-corrected chi connectivity index (χ0v) is 17.3. The standard InChI is InChI=1S/C23H29N3O4/c1-2-11-24-23(28)17-6-3-8-19(13-17)26-22(27)15-25-18-7-4-9-20(14-18)30-16-21-10-5-12-29-21/h3-4,6-9,13-14,21,25H,2,5,10-12,15-16H2,1H3,(H,24,28)(H,26,27). The molecule has 160 valence electrons. The first-order chi connectivity index (χ1) is 14.6. The Bertz CT molecular complexity index is 850. The number of anilines is 2. The van der Waals surface area contributed by atoms with Gasteiger partial charge >= 0.3 is 0 Å². The highest BCUT2D eigenvalue weighted by Gasteiger charge is 2.16. The van der Waals surface area contributed by atoms with Crippen molar-refractivity contribution in [3.05, 3.63) is 54.1 Å². The number of rotatable bonds is 10. The molecular weight excluding hydrogens is 382 g/mol. The number of carbonyl (C=O) groups excluding carboxylic acids is 2. The highest BCUT2D eigenvalue weighted by molar-refractivity contribution is 5.98. The van der Waals surface area contributed by atoms with Crippen molar-refractivity contribution in [2.45, 2.75) is 32.3 Å². The second kappa shape index (κ2) is 11.2. The van der Waals surface area contributed by atoms with Gasteiger partial charge in [0.1, 0.15) is 12.4 Å². The normalized spacial score (nSPS) is 15.4. The lowest BCUT2D eigenvalue weighted by atomic mass is 10.2. The van der Waals surface area contributed by atoms with E-state index in [-0.39, 0.29) is 24.5 Å². The Kier molecular flexibility index (Phi) is 8.09. The van der Waals surface area contributed by atoms with E-state index in [1.807, 2.05) is 31.2 Å². The molecule has 2 aromatic rings. The molecule has 30 heavy (non-hydrogen) atoms. The molecule has 0 radical (unpaired) electrons. The molecule has 1 fully saturated rings. The van der Waals surface area contributed by atoms with E-state index in [0.717, 1.165) is 37.3 Å². The quantitative estimate of drug-likeness (QED) is 0.557. The minimum absolute atomic E-state index is 0.0987. The van der Waals surface area contributed by atoms with Crippen molar-refractivity contribution in [2.24, 2.45) is 0 Å². The molecule has 1 aliphatic heterocycles. The maximum atomic E-state index is 12.3. The molecule has 7 nitrogen and oxygen atoms in total. The lowest BCUT2D eigenvalue weighted by Gasteiger charge is -2.13. The van der Waals surface area contributed by atoms with E-state index in [0.29, 0.717) is 24.4 Å². The average molecular weight is 412 g/mol. The number of hydrogen-bond acceptors (Lipinski definition) is 5. The number of ether oxygens (including phenoxy) is 2. The minimum Gasteiger partial charge on any atom is -0.491 e. The Morgan fingerprint density at radius 1 is 1.13 bits per heavy atom. The first-order valence-electron chi connectivity index (χ1n) is 10.4. The first-order valence-corrected chi connectivity index (χ1v) is 10.4. The summed E-state index contributed by atoms with van der Waals surface area (Å²) in [6.07, 6.45) is 3.14. The van der Waals surface area contributed by atoms with Crippen LogP contribution in [0.15, 0.2) is 48.5 Å². The van der Waals surface area contributed by atoms with Gasteiger partial charge in [-0.05, 0) is 49.6 Å². The molecule has 1 heterocycles. The zero-order valence-electron chi connectivity index (χ0n) is 17.3. The SMILES string of the molecule is CCCNC(=O)c1cccc(NC(=O)CNc2cccc(OCC3CCCO3)c2)c1. The van der Waals surface area contributed by atoms with Crippen LogP contribution in [0.2, 0.25) is 0 Å². The van der Waals surface area contributed by atoms with Crippen LogP contribution in [0.1, 0.15) is 36.5 Å². The summed E-state index contributed by atoms with van der Waals surface area (Å²) >= 11 is 0. The first kappa shape index (κ1) is 21.6. The molecule has 1 saturated heterocycles. The number of hydrogen-bond donors (Lipinski definition) is 3. The van der Waals surface area contributed by atoms with Crippen LogP contribution in [0, 0.1) is 0 Å². The molecule has 0 saturated carbocycles. The molecule has 0 bridgehead atoms. The third-order valence-corrected chi connectivity index (χ3v) is 4.69. The van der Waals surface area contributed by atoms with Crippen molar-refractivity contribution in [1.29, 1.82) is 0 Å². The van der Waals surface area contributed by atoms with Gasteiger partial charge in [-0.15, -0.1) is 0 Å².